The fraction of sp³-hybridized carbons (Fsp3) is 0.111. The van der Waals surface area contributed by atoms with Crippen LogP contribution in [0.3, 0.4) is 0 Å². The largest absolute Gasteiger partial charge is 0.480 e. The van der Waals surface area contributed by atoms with Gasteiger partial charge in [-0.2, -0.15) is 0 Å². The van der Waals surface area contributed by atoms with Gasteiger partial charge in [0.2, 0.25) is 0 Å². The van der Waals surface area contributed by atoms with E-state index in [9.17, 15) is 9.59 Å². The minimum absolute atomic E-state index is 0.00836. The summed E-state index contributed by atoms with van der Waals surface area (Å²) in [6, 6.07) is 0. The first-order valence-corrected chi connectivity index (χ1v) is 5.75. The van der Waals surface area contributed by atoms with E-state index in [1.807, 2.05) is 0 Å². The number of halogens is 1. The van der Waals surface area contributed by atoms with Gasteiger partial charge in [-0.3, -0.25) is 9.59 Å². The van der Waals surface area contributed by atoms with E-state index >= 15 is 0 Å². The lowest BCUT2D eigenvalue weighted by molar-refractivity contribution is -0.137. The van der Waals surface area contributed by atoms with Crippen molar-refractivity contribution in [3.63, 3.8) is 0 Å². The summed E-state index contributed by atoms with van der Waals surface area (Å²) < 4.78 is 1.59. The van der Waals surface area contributed by atoms with Crippen LogP contribution in [-0.2, 0) is 11.3 Å². The number of nitrogens with zero attached hydrogens (tertiary/aromatic N) is 5. The van der Waals surface area contributed by atoms with Gasteiger partial charge in [0.15, 0.2) is 11.5 Å². The molecule has 0 bridgehead atoms. The van der Waals surface area contributed by atoms with E-state index in [0.717, 1.165) is 4.68 Å². The predicted octanol–water partition coefficient (Wildman–Crippen LogP) is 0.168. The summed E-state index contributed by atoms with van der Waals surface area (Å²) in [5.41, 5.74) is -0.00836. The average Bonchev–Trinajstić information content (AvgIpc) is 2.80. The molecule has 0 aliphatic heterocycles. The fourth-order valence-electron chi connectivity index (χ4n) is 1.18. The molecule has 0 aromatic carbocycles. The summed E-state index contributed by atoms with van der Waals surface area (Å²) in [5, 5.41) is 18.1. The number of aromatic nitrogens is 5. The molecule has 0 spiro atoms. The van der Waals surface area contributed by atoms with Crippen LogP contribution in [0.15, 0.2) is 23.2 Å². The lowest BCUT2D eigenvalue weighted by atomic mass is 10.4. The second-order valence-electron chi connectivity index (χ2n) is 3.37. The van der Waals surface area contributed by atoms with Crippen molar-refractivity contribution in [2.75, 3.05) is 5.32 Å². The van der Waals surface area contributed by atoms with Crippen LogP contribution in [0.2, 0.25) is 0 Å². The topological polar surface area (TPSA) is 123 Å². The SMILES string of the molecule is O=C(O)Cn1cc(C(=O)Nc2cnc(Br)cn2)nn1. The van der Waals surface area contributed by atoms with Gasteiger partial charge in [0.1, 0.15) is 11.1 Å². The summed E-state index contributed by atoms with van der Waals surface area (Å²) in [7, 11) is 0. The number of carboxylic acids is 1. The summed E-state index contributed by atoms with van der Waals surface area (Å²) in [4.78, 5) is 30.0. The Bertz CT molecular complexity index is 611. The minimum Gasteiger partial charge on any atom is -0.480 e. The Labute approximate surface area is 114 Å². The molecule has 9 nitrogen and oxygen atoms in total. The van der Waals surface area contributed by atoms with Crippen LogP contribution in [0.4, 0.5) is 5.82 Å². The lowest BCUT2D eigenvalue weighted by Crippen LogP contribution is -2.13. The smallest absolute Gasteiger partial charge is 0.325 e. The zero-order valence-electron chi connectivity index (χ0n) is 9.32. The van der Waals surface area contributed by atoms with Gasteiger partial charge >= 0.3 is 5.97 Å². The number of hydrogen-bond acceptors (Lipinski definition) is 6. The molecule has 2 aromatic rings. The Morgan fingerprint density at radius 2 is 2.16 bits per heavy atom. The summed E-state index contributed by atoms with van der Waals surface area (Å²) in [5.74, 6) is -1.37. The molecule has 2 N–H and O–H groups in total. The van der Waals surface area contributed by atoms with Gasteiger partial charge in [-0.05, 0) is 15.9 Å². The quantitative estimate of drug-likeness (QED) is 0.820. The van der Waals surface area contributed by atoms with Gasteiger partial charge in [-0.25, -0.2) is 14.6 Å². The van der Waals surface area contributed by atoms with Crippen LogP contribution in [0, 0.1) is 0 Å². The highest BCUT2D eigenvalue weighted by molar-refractivity contribution is 9.10. The average molecular weight is 327 g/mol. The van der Waals surface area contributed by atoms with Crippen LogP contribution in [-0.4, -0.2) is 41.9 Å². The number of rotatable bonds is 4. The molecule has 0 aliphatic rings. The molecule has 0 saturated heterocycles. The van der Waals surface area contributed by atoms with E-state index < -0.39 is 11.9 Å². The number of anilines is 1. The normalized spacial score (nSPS) is 10.2. The first kappa shape index (κ1) is 13.1. The molecule has 2 aromatic heterocycles. The Balaban J connectivity index is 2.05. The van der Waals surface area contributed by atoms with Crippen molar-refractivity contribution in [3.05, 3.63) is 28.9 Å². The number of hydrogen-bond donors (Lipinski definition) is 2. The van der Waals surface area contributed by atoms with Crippen molar-refractivity contribution in [1.29, 1.82) is 0 Å². The van der Waals surface area contributed by atoms with Gasteiger partial charge in [-0.1, -0.05) is 5.21 Å². The van der Waals surface area contributed by atoms with Crippen molar-refractivity contribution >= 4 is 33.6 Å². The molecule has 0 radical (unpaired) electrons. The monoisotopic (exact) mass is 326 g/mol. The second-order valence-corrected chi connectivity index (χ2v) is 4.19. The van der Waals surface area contributed by atoms with Crippen molar-refractivity contribution in [3.8, 4) is 0 Å². The van der Waals surface area contributed by atoms with Gasteiger partial charge in [0.25, 0.3) is 5.91 Å². The Kier molecular flexibility index (Phi) is 3.80. The van der Waals surface area contributed by atoms with E-state index in [2.05, 4.69) is 41.5 Å². The fourth-order valence-corrected chi connectivity index (χ4v) is 1.38. The van der Waals surface area contributed by atoms with Crippen LogP contribution in [0.1, 0.15) is 10.5 Å². The molecule has 2 rings (SSSR count). The van der Waals surface area contributed by atoms with E-state index in [0.29, 0.717) is 4.60 Å². The molecular weight excluding hydrogens is 320 g/mol. The minimum atomic E-state index is -1.07. The number of amides is 1. The Morgan fingerprint density at radius 1 is 1.37 bits per heavy atom. The van der Waals surface area contributed by atoms with Gasteiger partial charge in [-0.15, -0.1) is 5.10 Å². The molecule has 1 amide bonds. The first-order valence-electron chi connectivity index (χ1n) is 4.95. The Hall–Kier alpha value is -2.36. The molecule has 0 unspecified atom stereocenters. The van der Waals surface area contributed by atoms with Crippen LogP contribution >= 0.6 is 15.9 Å². The zero-order valence-corrected chi connectivity index (χ0v) is 10.9. The highest BCUT2D eigenvalue weighted by Crippen LogP contribution is 2.07. The molecule has 0 aliphatic carbocycles. The number of nitrogens with one attached hydrogen (secondary N) is 1. The van der Waals surface area contributed by atoms with Crippen molar-refractivity contribution < 1.29 is 14.7 Å². The Morgan fingerprint density at radius 3 is 2.79 bits per heavy atom. The maximum atomic E-state index is 11.7. The van der Waals surface area contributed by atoms with E-state index in [1.54, 1.807) is 0 Å². The standard InChI is InChI=1S/C9H7BrN6O3/c10-6-1-12-7(2-11-6)13-9(19)5-3-16(15-14-5)4-8(17)18/h1-3H,4H2,(H,17,18)(H,12,13,19). The van der Waals surface area contributed by atoms with Crippen LogP contribution in [0.25, 0.3) is 0 Å². The number of carbonyl (C=O) groups excluding carboxylic acids is 1. The molecular formula is C9H7BrN6O3. The molecule has 2 heterocycles. The van der Waals surface area contributed by atoms with Gasteiger partial charge in [0, 0.05) is 0 Å². The molecule has 98 valence electrons. The predicted molar refractivity (Wildman–Crippen MR) is 65.3 cm³/mol. The maximum absolute atomic E-state index is 11.7. The highest BCUT2D eigenvalue weighted by atomic mass is 79.9. The third-order valence-corrected chi connectivity index (χ3v) is 2.34. The first-order chi connectivity index (χ1) is 9.04. The van der Waals surface area contributed by atoms with Crippen LogP contribution in [0.5, 0.6) is 0 Å². The number of carbonyl (C=O) groups is 2. The number of aliphatic carboxylic acids is 1. The summed E-state index contributed by atoms with van der Waals surface area (Å²) in [6.45, 7) is -0.363. The van der Waals surface area contributed by atoms with Gasteiger partial charge in [0.05, 0.1) is 18.6 Å². The van der Waals surface area contributed by atoms with E-state index in [-0.39, 0.29) is 18.1 Å². The summed E-state index contributed by atoms with van der Waals surface area (Å²) in [6.07, 6.45) is 4.02. The van der Waals surface area contributed by atoms with E-state index in [4.69, 9.17) is 5.11 Å². The number of carboxylic acid groups (broad SMARTS) is 1. The molecule has 0 fully saturated rings. The maximum Gasteiger partial charge on any atom is 0.325 e. The van der Waals surface area contributed by atoms with Gasteiger partial charge < -0.3 is 10.4 Å². The second kappa shape index (κ2) is 5.52. The third-order valence-electron chi connectivity index (χ3n) is 1.93. The molecule has 0 atom stereocenters. The lowest BCUT2D eigenvalue weighted by Gasteiger charge is -2.00. The highest BCUT2D eigenvalue weighted by Gasteiger charge is 2.12. The van der Waals surface area contributed by atoms with Crippen LogP contribution < -0.4 is 5.32 Å². The molecule has 0 saturated carbocycles. The molecule has 19 heavy (non-hydrogen) atoms. The van der Waals surface area contributed by atoms with Crippen molar-refractivity contribution in [1.82, 2.24) is 25.0 Å². The molecule has 10 heteroatoms. The van der Waals surface area contributed by atoms with E-state index in [1.165, 1.54) is 18.6 Å². The summed E-state index contributed by atoms with van der Waals surface area (Å²) >= 11 is 3.12. The third kappa shape index (κ3) is 3.55. The van der Waals surface area contributed by atoms with Crippen molar-refractivity contribution in [2.45, 2.75) is 6.54 Å². The zero-order chi connectivity index (χ0) is 13.8. The van der Waals surface area contributed by atoms with Crippen molar-refractivity contribution in [2.24, 2.45) is 0 Å².